The molecule has 2 aromatic rings. The number of aromatic nitrogens is 1. The van der Waals surface area contributed by atoms with Gasteiger partial charge in [0, 0.05) is 12.7 Å². The van der Waals surface area contributed by atoms with Gasteiger partial charge in [0.05, 0.1) is 4.47 Å². The van der Waals surface area contributed by atoms with Gasteiger partial charge in [0.1, 0.15) is 10.7 Å². The number of sulfonamides is 1. The maximum atomic E-state index is 11.7. The van der Waals surface area contributed by atoms with Crippen molar-refractivity contribution >= 4 is 31.8 Å². The van der Waals surface area contributed by atoms with E-state index in [1.54, 1.807) is 0 Å². The zero-order chi connectivity index (χ0) is 14.6. The molecule has 0 saturated heterocycles. The van der Waals surface area contributed by atoms with Gasteiger partial charge >= 0.3 is 0 Å². The lowest BCUT2D eigenvalue weighted by molar-refractivity contribution is 0.588. The highest BCUT2D eigenvalue weighted by molar-refractivity contribution is 9.10. The van der Waals surface area contributed by atoms with E-state index in [2.05, 4.69) is 31.0 Å². The number of nitrogens with one attached hydrogen (secondary N) is 2. The van der Waals surface area contributed by atoms with Crippen LogP contribution in [-0.2, 0) is 16.6 Å². The van der Waals surface area contributed by atoms with Gasteiger partial charge in [-0.25, -0.2) is 18.1 Å². The molecular weight excluding hydrogens is 342 g/mol. The second-order valence-corrected chi connectivity index (χ2v) is 6.79. The summed E-state index contributed by atoms with van der Waals surface area (Å²) >= 11 is 3.33. The highest BCUT2D eigenvalue weighted by Crippen LogP contribution is 2.23. The summed E-state index contributed by atoms with van der Waals surface area (Å²) in [6.45, 7) is 0.616. The van der Waals surface area contributed by atoms with Crippen LogP contribution in [0.5, 0.6) is 0 Å². The third-order valence-electron chi connectivity index (χ3n) is 2.70. The molecule has 5 nitrogen and oxygen atoms in total. The molecule has 0 saturated carbocycles. The predicted molar refractivity (Wildman–Crippen MR) is 82.0 cm³/mol. The third-order valence-corrected chi connectivity index (χ3v) is 4.68. The number of rotatable bonds is 5. The molecule has 106 valence electrons. The van der Waals surface area contributed by atoms with Crippen LogP contribution in [0.25, 0.3) is 0 Å². The summed E-state index contributed by atoms with van der Waals surface area (Å²) in [5.41, 5.74) is 1.12. The van der Waals surface area contributed by atoms with Gasteiger partial charge in [0.2, 0.25) is 10.0 Å². The Morgan fingerprint density at radius 2 is 1.95 bits per heavy atom. The van der Waals surface area contributed by atoms with Crippen molar-refractivity contribution in [2.75, 3.05) is 12.4 Å². The molecule has 2 rings (SSSR count). The standard InChI is InChI=1S/C13H14BrN3O2S/c1-15-20(18,19)11-7-12(14)13(17-9-11)16-8-10-5-3-2-4-6-10/h2-7,9,15H,8H2,1H3,(H,16,17). The van der Waals surface area contributed by atoms with Crippen LogP contribution in [0.4, 0.5) is 5.82 Å². The van der Waals surface area contributed by atoms with Crippen LogP contribution in [0.3, 0.4) is 0 Å². The van der Waals surface area contributed by atoms with Crippen molar-refractivity contribution in [1.29, 1.82) is 0 Å². The largest absolute Gasteiger partial charge is 0.365 e. The van der Waals surface area contributed by atoms with Crippen molar-refractivity contribution in [3.63, 3.8) is 0 Å². The number of benzene rings is 1. The minimum atomic E-state index is -3.47. The van der Waals surface area contributed by atoms with E-state index in [9.17, 15) is 8.42 Å². The van der Waals surface area contributed by atoms with E-state index in [0.717, 1.165) is 5.56 Å². The van der Waals surface area contributed by atoms with E-state index in [0.29, 0.717) is 16.8 Å². The minimum absolute atomic E-state index is 0.122. The lowest BCUT2D eigenvalue weighted by Crippen LogP contribution is -2.19. The summed E-state index contributed by atoms with van der Waals surface area (Å²) in [5.74, 6) is 0.601. The van der Waals surface area contributed by atoms with E-state index in [-0.39, 0.29) is 4.90 Å². The van der Waals surface area contributed by atoms with E-state index in [4.69, 9.17) is 0 Å². The van der Waals surface area contributed by atoms with Crippen LogP contribution in [-0.4, -0.2) is 20.4 Å². The topological polar surface area (TPSA) is 71.1 Å². The van der Waals surface area contributed by atoms with Crippen LogP contribution < -0.4 is 10.0 Å². The molecule has 0 spiro atoms. The quantitative estimate of drug-likeness (QED) is 0.863. The lowest BCUT2D eigenvalue weighted by Gasteiger charge is -2.09. The zero-order valence-electron chi connectivity index (χ0n) is 10.8. The van der Waals surface area contributed by atoms with Gasteiger partial charge in [0.25, 0.3) is 0 Å². The summed E-state index contributed by atoms with van der Waals surface area (Å²) < 4.78 is 26.2. The molecule has 1 aromatic carbocycles. The van der Waals surface area contributed by atoms with Crippen molar-refractivity contribution in [1.82, 2.24) is 9.71 Å². The lowest BCUT2D eigenvalue weighted by atomic mass is 10.2. The SMILES string of the molecule is CNS(=O)(=O)c1cnc(NCc2ccccc2)c(Br)c1. The van der Waals surface area contributed by atoms with Gasteiger partial charge in [-0.05, 0) is 34.6 Å². The van der Waals surface area contributed by atoms with Crippen molar-refractivity contribution in [3.05, 3.63) is 52.6 Å². The number of hydrogen-bond acceptors (Lipinski definition) is 4. The van der Waals surface area contributed by atoms with Gasteiger partial charge in [-0.15, -0.1) is 0 Å². The fourth-order valence-electron chi connectivity index (χ4n) is 1.60. The molecule has 1 aromatic heterocycles. The number of pyridine rings is 1. The third kappa shape index (κ3) is 3.56. The van der Waals surface area contributed by atoms with Crippen molar-refractivity contribution < 1.29 is 8.42 Å². The Kier molecular flexibility index (Phi) is 4.74. The van der Waals surface area contributed by atoms with E-state index in [1.807, 2.05) is 30.3 Å². The normalized spacial score (nSPS) is 11.3. The van der Waals surface area contributed by atoms with Crippen LogP contribution in [0.1, 0.15) is 5.56 Å². The van der Waals surface area contributed by atoms with Crippen LogP contribution >= 0.6 is 15.9 Å². The van der Waals surface area contributed by atoms with E-state index in [1.165, 1.54) is 19.3 Å². The van der Waals surface area contributed by atoms with Crippen molar-refractivity contribution in [2.24, 2.45) is 0 Å². The molecule has 0 unspecified atom stereocenters. The van der Waals surface area contributed by atoms with Crippen molar-refractivity contribution in [3.8, 4) is 0 Å². The molecule has 0 aliphatic rings. The second-order valence-electron chi connectivity index (χ2n) is 4.05. The first-order valence-electron chi connectivity index (χ1n) is 5.90. The maximum absolute atomic E-state index is 11.7. The average molecular weight is 356 g/mol. The molecule has 0 amide bonds. The van der Waals surface area contributed by atoms with Crippen LogP contribution in [0, 0.1) is 0 Å². The van der Waals surface area contributed by atoms with Gasteiger partial charge < -0.3 is 5.32 Å². The minimum Gasteiger partial charge on any atom is -0.365 e. The Bertz CT molecular complexity index is 690. The van der Waals surface area contributed by atoms with Gasteiger partial charge in [-0.2, -0.15) is 0 Å². The zero-order valence-corrected chi connectivity index (χ0v) is 13.2. The highest BCUT2D eigenvalue weighted by atomic mass is 79.9. The molecule has 0 aliphatic carbocycles. The molecule has 1 heterocycles. The number of halogens is 1. The van der Waals surface area contributed by atoms with Gasteiger partial charge in [0.15, 0.2) is 0 Å². The molecule has 2 N–H and O–H groups in total. The summed E-state index contributed by atoms with van der Waals surface area (Å²) in [6.07, 6.45) is 1.32. The summed E-state index contributed by atoms with van der Waals surface area (Å²) in [7, 11) is -2.11. The molecule has 7 heteroatoms. The summed E-state index contributed by atoms with van der Waals surface area (Å²) in [4.78, 5) is 4.25. The number of hydrogen-bond donors (Lipinski definition) is 2. The Hall–Kier alpha value is -1.44. The first-order valence-corrected chi connectivity index (χ1v) is 8.17. The summed E-state index contributed by atoms with van der Waals surface area (Å²) in [5, 5.41) is 3.15. The molecule has 0 atom stereocenters. The van der Waals surface area contributed by atoms with E-state index < -0.39 is 10.0 Å². The molecular formula is C13H14BrN3O2S. The van der Waals surface area contributed by atoms with Gasteiger partial charge in [-0.3, -0.25) is 0 Å². The second kappa shape index (κ2) is 6.34. The van der Waals surface area contributed by atoms with Crippen molar-refractivity contribution in [2.45, 2.75) is 11.4 Å². The Morgan fingerprint density at radius 3 is 2.55 bits per heavy atom. The Balaban J connectivity index is 2.15. The fraction of sp³-hybridized carbons (Fsp3) is 0.154. The Labute approximate surface area is 126 Å². The molecule has 20 heavy (non-hydrogen) atoms. The number of nitrogens with zero attached hydrogens (tertiary/aromatic N) is 1. The first kappa shape index (κ1) is 15.0. The molecule has 0 radical (unpaired) electrons. The molecule has 0 fully saturated rings. The smallest absolute Gasteiger partial charge is 0.241 e. The first-order chi connectivity index (χ1) is 9.53. The molecule has 0 bridgehead atoms. The predicted octanol–water partition coefficient (Wildman–Crippen LogP) is 2.36. The average Bonchev–Trinajstić information content (AvgIpc) is 2.47. The van der Waals surface area contributed by atoms with Gasteiger partial charge in [-0.1, -0.05) is 30.3 Å². The molecule has 0 aliphatic heterocycles. The van der Waals surface area contributed by atoms with Crippen LogP contribution in [0.15, 0.2) is 52.0 Å². The Morgan fingerprint density at radius 1 is 1.25 bits per heavy atom. The summed E-state index contributed by atoms with van der Waals surface area (Å²) in [6, 6.07) is 11.4. The number of anilines is 1. The highest BCUT2D eigenvalue weighted by Gasteiger charge is 2.14. The van der Waals surface area contributed by atoms with E-state index >= 15 is 0 Å². The maximum Gasteiger partial charge on any atom is 0.241 e. The fourth-order valence-corrected chi connectivity index (χ4v) is 2.94. The monoisotopic (exact) mass is 355 g/mol. The van der Waals surface area contributed by atoms with Crippen LogP contribution in [0.2, 0.25) is 0 Å².